The molecule has 1 N–H and O–H groups in total. The Morgan fingerprint density at radius 1 is 1.62 bits per heavy atom. The van der Waals surface area contributed by atoms with Crippen LogP contribution in [0.1, 0.15) is 17.4 Å². The van der Waals surface area contributed by atoms with Gasteiger partial charge in [0.05, 0.1) is 6.61 Å². The van der Waals surface area contributed by atoms with Gasteiger partial charge in [0.15, 0.2) is 5.69 Å². The molecule has 0 atom stereocenters. The predicted molar refractivity (Wildman–Crippen MR) is 59.4 cm³/mol. The van der Waals surface area contributed by atoms with E-state index in [9.17, 15) is 9.90 Å². The number of nitrogens with zero attached hydrogens (tertiary/aromatic N) is 2. The van der Waals surface area contributed by atoms with E-state index in [1.54, 1.807) is 18.1 Å². The third-order valence-electron chi connectivity index (χ3n) is 2.22. The van der Waals surface area contributed by atoms with E-state index in [2.05, 4.69) is 4.98 Å². The standard InChI is InChI=1S/C11H16N2O3/c1-3-13(7-8-16-2)11(15)10-9(14)5-4-6-12-10/h4-6,14H,3,7-8H2,1-2H3. The summed E-state index contributed by atoms with van der Waals surface area (Å²) in [5.74, 6) is -0.374. The number of rotatable bonds is 5. The molecule has 0 radical (unpaired) electrons. The second kappa shape index (κ2) is 6.07. The van der Waals surface area contributed by atoms with E-state index in [0.717, 1.165) is 0 Å². The highest BCUT2D eigenvalue weighted by Crippen LogP contribution is 2.14. The zero-order chi connectivity index (χ0) is 12.0. The lowest BCUT2D eigenvalue weighted by atomic mass is 10.3. The topological polar surface area (TPSA) is 62.7 Å². The van der Waals surface area contributed by atoms with Crippen LogP contribution in [0.2, 0.25) is 0 Å². The molecule has 16 heavy (non-hydrogen) atoms. The smallest absolute Gasteiger partial charge is 0.276 e. The first-order valence-electron chi connectivity index (χ1n) is 5.12. The number of carbonyl (C=O) groups is 1. The summed E-state index contributed by atoms with van der Waals surface area (Å²) in [5.41, 5.74) is 0.0838. The molecule has 0 unspecified atom stereocenters. The summed E-state index contributed by atoms with van der Waals surface area (Å²) in [4.78, 5) is 17.4. The van der Waals surface area contributed by atoms with Gasteiger partial charge in [0.2, 0.25) is 0 Å². The minimum Gasteiger partial charge on any atom is -0.505 e. The highest BCUT2D eigenvalue weighted by molar-refractivity contribution is 5.94. The van der Waals surface area contributed by atoms with Crippen molar-refractivity contribution in [3.05, 3.63) is 24.0 Å². The average molecular weight is 224 g/mol. The Morgan fingerprint density at radius 3 is 2.94 bits per heavy atom. The number of hydrogen-bond acceptors (Lipinski definition) is 4. The van der Waals surface area contributed by atoms with Gasteiger partial charge in [0.1, 0.15) is 5.75 Å². The Kier molecular flexibility index (Phi) is 4.72. The van der Waals surface area contributed by atoms with Crippen LogP contribution in [-0.4, -0.2) is 47.7 Å². The Bertz CT molecular complexity index is 355. The van der Waals surface area contributed by atoms with Crippen molar-refractivity contribution in [1.29, 1.82) is 0 Å². The van der Waals surface area contributed by atoms with Gasteiger partial charge in [-0.15, -0.1) is 0 Å². The number of carbonyl (C=O) groups excluding carboxylic acids is 1. The van der Waals surface area contributed by atoms with Crippen molar-refractivity contribution in [2.75, 3.05) is 26.8 Å². The van der Waals surface area contributed by atoms with Crippen LogP contribution in [0.15, 0.2) is 18.3 Å². The molecule has 0 aromatic carbocycles. The number of pyridine rings is 1. The van der Waals surface area contributed by atoms with Gasteiger partial charge in [-0.25, -0.2) is 4.98 Å². The summed E-state index contributed by atoms with van der Waals surface area (Å²) in [6.45, 7) is 3.38. The summed E-state index contributed by atoms with van der Waals surface area (Å²) in [6.07, 6.45) is 1.48. The molecule has 1 rings (SSSR count). The largest absolute Gasteiger partial charge is 0.505 e. The molecule has 0 saturated heterocycles. The molecular weight excluding hydrogens is 208 g/mol. The zero-order valence-corrected chi connectivity index (χ0v) is 9.51. The van der Waals surface area contributed by atoms with Crippen LogP contribution >= 0.6 is 0 Å². The van der Waals surface area contributed by atoms with Crippen LogP contribution in [0.4, 0.5) is 0 Å². The van der Waals surface area contributed by atoms with Gasteiger partial charge >= 0.3 is 0 Å². The zero-order valence-electron chi connectivity index (χ0n) is 9.51. The molecule has 88 valence electrons. The quantitative estimate of drug-likeness (QED) is 0.807. The Morgan fingerprint density at radius 2 is 2.38 bits per heavy atom. The number of likely N-dealkylation sites (N-methyl/N-ethyl adjacent to an activating group) is 1. The minimum absolute atomic E-state index is 0.0838. The molecule has 0 saturated carbocycles. The minimum atomic E-state index is -0.280. The van der Waals surface area contributed by atoms with Crippen LogP contribution in [0, 0.1) is 0 Å². The molecular formula is C11H16N2O3. The van der Waals surface area contributed by atoms with Gasteiger partial charge in [0.25, 0.3) is 5.91 Å². The Labute approximate surface area is 94.7 Å². The van der Waals surface area contributed by atoms with E-state index in [0.29, 0.717) is 19.7 Å². The average Bonchev–Trinajstić information content (AvgIpc) is 2.30. The van der Waals surface area contributed by atoms with Gasteiger partial charge in [-0.05, 0) is 19.1 Å². The fraction of sp³-hybridized carbons (Fsp3) is 0.455. The van der Waals surface area contributed by atoms with Crippen molar-refractivity contribution in [3.63, 3.8) is 0 Å². The maximum atomic E-state index is 12.0. The number of aromatic nitrogens is 1. The van der Waals surface area contributed by atoms with Crippen molar-refractivity contribution < 1.29 is 14.6 Å². The Balaban J connectivity index is 2.79. The molecule has 0 spiro atoms. The van der Waals surface area contributed by atoms with Gasteiger partial charge < -0.3 is 14.7 Å². The normalized spacial score (nSPS) is 10.1. The van der Waals surface area contributed by atoms with E-state index in [-0.39, 0.29) is 17.4 Å². The number of methoxy groups -OCH3 is 1. The molecule has 0 aliphatic rings. The second-order valence-corrected chi connectivity index (χ2v) is 3.25. The summed E-state index contributed by atoms with van der Waals surface area (Å²) < 4.78 is 4.91. The van der Waals surface area contributed by atoms with E-state index < -0.39 is 0 Å². The fourth-order valence-electron chi connectivity index (χ4n) is 1.32. The van der Waals surface area contributed by atoms with Crippen molar-refractivity contribution in [3.8, 4) is 5.75 Å². The number of ether oxygens (including phenoxy) is 1. The number of aromatic hydroxyl groups is 1. The second-order valence-electron chi connectivity index (χ2n) is 3.25. The first-order chi connectivity index (χ1) is 7.70. The summed E-state index contributed by atoms with van der Waals surface area (Å²) >= 11 is 0. The van der Waals surface area contributed by atoms with Crippen molar-refractivity contribution in [2.45, 2.75) is 6.92 Å². The van der Waals surface area contributed by atoms with Gasteiger partial charge in [-0.3, -0.25) is 4.79 Å². The monoisotopic (exact) mass is 224 g/mol. The Hall–Kier alpha value is -1.62. The molecule has 1 aromatic rings. The van der Waals surface area contributed by atoms with Gasteiger partial charge in [0, 0.05) is 26.4 Å². The fourth-order valence-corrected chi connectivity index (χ4v) is 1.32. The van der Waals surface area contributed by atoms with Crippen molar-refractivity contribution in [1.82, 2.24) is 9.88 Å². The van der Waals surface area contributed by atoms with Gasteiger partial charge in [-0.2, -0.15) is 0 Å². The maximum Gasteiger partial charge on any atom is 0.276 e. The highest BCUT2D eigenvalue weighted by Gasteiger charge is 2.18. The van der Waals surface area contributed by atoms with E-state index in [1.807, 2.05) is 6.92 Å². The lowest BCUT2D eigenvalue weighted by molar-refractivity contribution is 0.0697. The predicted octanol–water partition coefficient (Wildman–Crippen LogP) is 0.896. The molecule has 0 aliphatic carbocycles. The van der Waals surface area contributed by atoms with Crippen LogP contribution in [0.25, 0.3) is 0 Å². The molecule has 1 aromatic heterocycles. The van der Waals surface area contributed by atoms with Crippen molar-refractivity contribution in [2.24, 2.45) is 0 Å². The molecule has 0 aliphatic heterocycles. The maximum absolute atomic E-state index is 12.0. The van der Waals surface area contributed by atoms with Crippen LogP contribution in [0.5, 0.6) is 5.75 Å². The highest BCUT2D eigenvalue weighted by atomic mass is 16.5. The molecule has 0 bridgehead atoms. The lowest BCUT2D eigenvalue weighted by Gasteiger charge is -2.20. The van der Waals surface area contributed by atoms with E-state index >= 15 is 0 Å². The number of hydrogen-bond donors (Lipinski definition) is 1. The van der Waals surface area contributed by atoms with E-state index in [4.69, 9.17) is 4.74 Å². The molecule has 0 fully saturated rings. The third kappa shape index (κ3) is 2.93. The first kappa shape index (κ1) is 12.4. The molecule has 5 nitrogen and oxygen atoms in total. The van der Waals surface area contributed by atoms with E-state index in [1.165, 1.54) is 12.3 Å². The molecule has 1 amide bonds. The SMILES string of the molecule is CCN(CCOC)C(=O)c1ncccc1O. The van der Waals surface area contributed by atoms with Crippen molar-refractivity contribution >= 4 is 5.91 Å². The third-order valence-corrected chi connectivity index (χ3v) is 2.22. The molecule has 1 heterocycles. The summed E-state index contributed by atoms with van der Waals surface area (Å²) in [7, 11) is 1.58. The lowest BCUT2D eigenvalue weighted by Crippen LogP contribution is -2.34. The van der Waals surface area contributed by atoms with Gasteiger partial charge in [-0.1, -0.05) is 0 Å². The van der Waals surface area contributed by atoms with Crippen LogP contribution in [0.3, 0.4) is 0 Å². The first-order valence-corrected chi connectivity index (χ1v) is 5.12. The summed E-state index contributed by atoms with van der Waals surface area (Å²) in [6, 6.07) is 3.03. The summed E-state index contributed by atoms with van der Waals surface area (Å²) in [5, 5.41) is 9.51. The van der Waals surface area contributed by atoms with Crippen LogP contribution in [-0.2, 0) is 4.74 Å². The molecule has 5 heteroatoms. The number of amides is 1. The van der Waals surface area contributed by atoms with Crippen LogP contribution < -0.4 is 0 Å².